The van der Waals surface area contributed by atoms with Gasteiger partial charge in [-0.05, 0) is 23.6 Å². The molecule has 0 aliphatic carbocycles. The van der Waals surface area contributed by atoms with Crippen LogP contribution in [0.2, 0.25) is 0 Å². The SMILES string of the molecule is O=C(CCSc1n[nH]c(=O)n1Cc1ccccc1)N1CCc2ccccc21. The first-order chi connectivity index (χ1) is 13.2. The van der Waals surface area contributed by atoms with Crippen molar-refractivity contribution in [3.63, 3.8) is 0 Å². The molecule has 4 rings (SSSR count). The molecule has 0 saturated heterocycles. The predicted octanol–water partition coefficient (Wildman–Crippen LogP) is 2.69. The molecule has 7 heteroatoms. The van der Waals surface area contributed by atoms with Crippen LogP contribution in [0.5, 0.6) is 0 Å². The van der Waals surface area contributed by atoms with Crippen LogP contribution in [-0.4, -0.2) is 33.0 Å². The van der Waals surface area contributed by atoms with Crippen molar-refractivity contribution in [3.05, 3.63) is 76.2 Å². The summed E-state index contributed by atoms with van der Waals surface area (Å²) in [5, 5.41) is 7.22. The van der Waals surface area contributed by atoms with Crippen molar-refractivity contribution in [3.8, 4) is 0 Å². The third kappa shape index (κ3) is 3.83. The molecule has 6 nitrogen and oxygen atoms in total. The van der Waals surface area contributed by atoms with Crippen LogP contribution in [0.4, 0.5) is 5.69 Å². The van der Waals surface area contributed by atoms with E-state index in [9.17, 15) is 9.59 Å². The standard InChI is InChI=1S/C20H20N4O2S/c25-18(23-12-10-16-8-4-5-9-17(16)23)11-13-27-20-22-21-19(26)24(20)14-15-6-2-1-3-7-15/h1-9H,10-14H2,(H,21,26). The predicted molar refractivity (Wildman–Crippen MR) is 106 cm³/mol. The van der Waals surface area contributed by atoms with Crippen molar-refractivity contribution in [2.75, 3.05) is 17.2 Å². The Morgan fingerprint density at radius 3 is 2.74 bits per heavy atom. The molecule has 0 bridgehead atoms. The Morgan fingerprint density at radius 1 is 1.11 bits per heavy atom. The minimum atomic E-state index is -0.235. The number of hydrogen-bond acceptors (Lipinski definition) is 4. The second-order valence-electron chi connectivity index (χ2n) is 6.41. The number of rotatable bonds is 6. The molecule has 0 spiro atoms. The third-order valence-corrected chi connectivity index (χ3v) is 5.62. The van der Waals surface area contributed by atoms with Gasteiger partial charge in [0, 0.05) is 24.4 Å². The first-order valence-corrected chi connectivity index (χ1v) is 9.91. The highest BCUT2D eigenvalue weighted by atomic mass is 32.2. The quantitative estimate of drug-likeness (QED) is 0.668. The van der Waals surface area contributed by atoms with Gasteiger partial charge in [0.15, 0.2) is 5.16 Å². The number of thioether (sulfide) groups is 1. The summed E-state index contributed by atoms with van der Waals surface area (Å²) in [5.41, 5.74) is 3.05. The molecule has 0 unspecified atom stereocenters. The van der Waals surface area contributed by atoms with Crippen LogP contribution in [0.25, 0.3) is 0 Å². The number of amides is 1. The van der Waals surface area contributed by atoms with Crippen molar-refractivity contribution in [1.82, 2.24) is 14.8 Å². The Balaban J connectivity index is 1.37. The molecule has 2 heterocycles. The van der Waals surface area contributed by atoms with E-state index in [1.54, 1.807) is 4.57 Å². The number of aromatic nitrogens is 3. The normalized spacial score (nSPS) is 13.0. The van der Waals surface area contributed by atoms with E-state index in [4.69, 9.17) is 0 Å². The molecular weight excluding hydrogens is 360 g/mol. The molecule has 0 fully saturated rings. The summed E-state index contributed by atoms with van der Waals surface area (Å²) in [6.45, 7) is 1.20. The average molecular weight is 380 g/mol. The molecule has 1 amide bonds. The largest absolute Gasteiger partial charge is 0.344 e. The van der Waals surface area contributed by atoms with Crippen LogP contribution in [0.3, 0.4) is 0 Å². The smallest absolute Gasteiger partial charge is 0.312 e. The molecule has 1 aromatic heterocycles. The maximum absolute atomic E-state index is 12.6. The summed E-state index contributed by atoms with van der Waals surface area (Å²) in [7, 11) is 0. The molecule has 138 valence electrons. The van der Waals surface area contributed by atoms with E-state index in [1.165, 1.54) is 17.3 Å². The van der Waals surface area contributed by atoms with Crippen LogP contribution in [0, 0.1) is 0 Å². The second kappa shape index (κ2) is 7.84. The van der Waals surface area contributed by atoms with E-state index in [0.717, 1.165) is 24.2 Å². The molecule has 3 aromatic rings. The lowest BCUT2D eigenvalue weighted by atomic mass is 10.2. The van der Waals surface area contributed by atoms with Gasteiger partial charge in [-0.25, -0.2) is 9.89 Å². The molecule has 0 atom stereocenters. The molecule has 2 aromatic carbocycles. The lowest BCUT2D eigenvalue weighted by Gasteiger charge is -2.17. The summed E-state index contributed by atoms with van der Waals surface area (Å²) < 4.78 is 1.61. The van der Waals surface area contributed by atoms with Gasteiger partial charge in [0.2, 0.25) is 5.91 Å². The van der Waals surface area contributed by atoms with Crippen molar-refractivity contribution in [1.29, 1.82) is 0 Å². The Labute approximate surface area is 161 Å². The fourth-order valence-corrected chi connectivity index (χ4v) is 4.15. The zero-order valence-corrected chi connectivity index (χ0v) is 15.6. The Bertz CT molecular complexity index is 996. The fraction of sp³-hybridized carbons (Fsp3) is 0.250. The van der Waals surface area contributed by atoms with Crippen LogP contribution in [0.15, 0.2) is 64.5 Å². The second-order valence-corrected chi connectivity index (χ2v) is 7.47. The summed E-state index contributed by atoms with van der Waals surface area (Å²) in [6, 6.07) is 17.8. The van der Waals surface area contributed by atoms with E-state index >= 15 is 0 Å². The first-order valence-electron chi connectivity index (χ1n) is 8.92. The number of hydrogen-bond donors (Lipinski definition) is 1. The van der Waals surface area contributed by atoms with Gasteiger partial charge in [-0.1, -0.05) is 60.3 Å². The number of aromatic amines is 1. The number of carbonyl (C=O) groups excluding carboxylic acids is 1. The van der Waals surface area contributed by atoms with Crippen LogP contribution in [0.1, 0.15) is 17.5 Å². The topological polar surface area (TPSA) is 71.0 Å². The zero-order chi connectivity index (χ0) is 18.6. The third-order valence-electron chi connectivity index (χ3n) is 4.64. The summed E-state index contributed by atoms with van der Waals surface area (Å²) in [5.74, 6) is 0.691. The number of nitrogens with one attached hydrogen (secondary N) is 1. The number of benzene rings is 2. The van der Waals surface area contributed by atoms with E-state index < -0.39 is 0 Å². The highest BCUT2D eigenvalue weighted by Gasteiger charge is 2.23. The number of fused-ring (bicyclic) bond motifs is 1. The molecule has 27 heavy (non-hydrogen) atoms. The number of anilines is 1. The van der Waals surface area contributed by atoms with Gasteiger partial charge in [-0.2, -0.15) is 0 Å². The highest BCUT2D eigenvalue weighted by molar-refractivity contribution is 7.99. The lowest BCUT2D eigenvalue weighted by molar-refractivity contribution is -0.118. The van der Waals surface area contributed by atoms with Gasteiger partial charge >= 0.3 is 5.69 Å². The Hall–Kier alpha value is -2.80. The number of H-pyrrole nitrogens is 1. The van der Waals surface area contributed by atoms with Crippen molar-refractivity contribution < 1.29 is 4.79 Å². The summed E-state index contributed by atoms with van der Waals surface area (Å²) in [6.07, 6.45) is 1.32. The number of nitrogens with zero attached hydrogens (tertiary/aromatic N) is 3. The van der Waals surface area contributed by atoms with Gasteiger partial charge in [0.1, 0.15) is 0 Å². The molecule has 1 aliphatic rings. The Morgan fingerprint density at radius 2 is 1.89 bits per heavy atom. The monoisotopic (exact) mass is 380 g/mol. The molecule has 0 saturated carbocycles. The summed E-state index contributed by atoms with van der Waals surface area (Å²) >= 11 is 1.43. The van der Waals surface area contributed by atoms with Gasteiger partial charge in [0.05, 0.1) is 6.54 Å². The lowest BCUT2D eigenvalue weighted by Crippen LogP contribution is -2.29. The van der Waals surface area contributed by atoms with Gasteiger partial charge in [0.25, 0.3) is 0 Å². The van der Waals surface area contributed by atoms with Crippen molar-refractivity contribution >= 4 is 23.4 Å². The molecule has 1 aliphatic heterocycles. The average Bonchev–Trinajstić information content (AvgIpc) is 3.27. The maximum Gasteiger partial charge on any atom is 0.344 e. The fourth-order valence-electron chi connectivity index (χ4n) is 3.28. The van der Waals surface area contributed by atoms with Gasteiger partial charge < -0.3 is 4.90 Å². The maximum atomic E-state index is 12.6. The van der Waals surface area contributed by atoms with Crippen LogP contribution >= 0.6 is 11.8 Å². The molecule has 0 radical (unpaired) electrons. The van der Waals surface area contributed by atoms with Gasteiger partial charge in [-0.3, -0.25) is 9.36 Å². The molecular formula is C20H20N4O2S. The molecule has 1 N–H and O–H groups in total. The van der Waals surface area contributed by atoms with E-state index in [-0.39, 0.29) is 11.6 Å². The minimum absolute atomic E-state index is 0.111. The van der Waals surface area contributed by atoms with E-state index in [0.29, 0.717) is 23.9 Å². The zero-order valence-electron chi connectivity index (χ0n) is 14.8. The van der Waals surface area contributed by atoms with E-state index in [2.05, 4.69) is 16.3 Å². The number of para-hydroxylation sites is 1. The van der Waals surface area contributed by atoms with Gasteiger partial charge in [-0.15, -0.1) is 5.10 Å². The van der Waals surface area contributed by atoms with Crippen LogP contribution < -0.4 is 10.6 Å². The van der Waals surface area contributed by atoms with Crippen molar-refractivity contribution in [2.45, 2.75) is 24.5 Å². The highest BCUT2D eigenvalue weighted by Crippen LogP contribution is 2.28. The first kappa shape index (κ1) is 17.6. The number of carbonyl (C=O) groups is 1. The summed E-state index contributed by atoms with van der Waals surface area (Å²) in [4.78, 5) is 26.5. The van der Waals surface area contributed by atoms with Crippen LogP contribution in [-0.2, 0) is 17.8 Å². The Kier molecular flexibility index (Phi) is 5.11. The van der Waals surface area contributed by atoms with E-state index in [1.807, 2.05) is 53.4 Å². The van der Waals surface area contributed by atoms with Crippen molar-refractivity contribution in [2.24, 2.45) is 0 Å². The minimum Gasteiger partial charge on any atom is -0.312 e.